The highest BCUT2D eigenvalue weighted by molar-refractivity contribution is 6.67. The molecule has 0 saturated heterocycles. The van der Waals surface area contributed by atoms with Gasteiger partial charge in [0.15, 0.2) is 0 Å². The molecule has 76 valence electrons. The fourth-order valence-electron chi connectivity index (χ4n) is 0.959. The summed E-state index contributed by atoms with van der Waals surface area (Å²) in [6, 6.07) is 0. The average molecular weight is 224 g/mol. The summed E-state index contributed by atoms with van der Waals surface area (Å²) in [5.41, 5.74) is -1.52. The zero-order valence-corrected chi connectivity index (χ0v) is 7.78. The lowest BCUT2D eigenvalue weighted by Crippen LogP contribution is -2.04. The molecule has 0 aromatic carbocycles. The zero-order valence-electron chi connectivity index (χ0n) is 7.02. The van der Waals surface area contributed by atoms with E-state index in [0.29, 0.717) is 6.20 Å². The molecule has 1 aromatic heterocycles. The number of carbonyl (C=O) groups is 1. The number of hydrogen-bond acceptors (Lipinski definition) is 2. The molecule has 0 saturated carbocycles. The van der Waals surface area contributed by atoms with E-state index in [1.165, 1.54) is 0 Å². The van der Waals surface area contributed by atoms with E-state index in [0.717, 1.165) is 6.92 Å². The lowest BCUT2D eigenvalue weighted by atomic mass is 10.1. The Morgan fingerprint density at radius 1 is 1.57 bits per heavy atom. The van der Waals surface area contributed by atoms with E-state index >= 15 is 0 Å². The average Bonchev–Trinajstić information content (AvgIpc) is 2.08. The van der Waals surface area contributed by atoms with Gasteiger partial charge in [-0.15, -0.1) is 0 Å². The maximum atomic E-state index is 13.2. The van der Waals surface area contributed by atoms with Crippen LogP contribution in [0.2, 0.25) is 0 Å². The standard InChI is InChI=1S/C8H5ClF3NO/c1-3-5(10)4(7(9)14)2-13-6(3)8(11)12/h2,8H,1H3. The molecular weight excluding hydrogens is 219 g/mol. The second-order valence-corrected chi connectivity index (χ2v) is 2.91. The second-order valence-electron chi connectivity index (χ2n) is 2.57. The van der Waals surface area contributed by atoms with Gasteiger partial charge in [0.05, 0.1) is 5.56 Å². The first-order valence-electron chi connectivity index (χ1n) is 3.58. The first-order valence-corrected chi connectivity index (χ1v) is 3.96. The van der Waals surface area contributed by atoms with Crippen molar-refractivity contribution in [3.63, 3.8) is 0 Å². The van der Waals surface area contributed by atoms with Crippen LogP contribution in [0.15, 0.2) is 6.20 Å². The summed E-state index contributed by atoms with van der Waals surface area (Å²) in [6.45, 7) is 1.12. The van der Waals surface area contributed by atoms with Crippen LogP contribution in [-0.4, -0.2) is 10.2 Å². The lowest BCUT2D eigenvalue weighted by molar-refractivity contribution is 0.107. The zero-order chi connectivity index (χ0) is 10.9. The number of hydrogen-bond donors (Lipinski definition) is 0. The predicted molar refractivity (Wildman–Crippen MR) is 44.1 cm³/mol. The number of carbonyl (C=O) groups excluding carboxylic acids is 1. The van der Waals surface area contributed by atoms with E-state index in [9.17, 15) is 18.0 Å². The minimum absolute atomic E-state index is 0.355. The molecule has 6 heteroatoms. The van der Waals surface area contributed by atoms with Crippen molar-refractivity contribution in [2.75, 3.05) is 0 Å². The van der Waals surface area contributed by atoms with E-state index in [4.69, 9.17) is 11.6 Å². The van der Waals surface area contributed by atoms with Crippen LogP contribution in [0.4, 0.5) is 13.2 Å². The Hall–Kier alpha value is -1.10. The molecule has 1 rings (SSSR count). The molecule has 1 aromatic rings. The molecule has 0 N–H and O–H groups in total. The maximum Gasteiger partial charge on any atom is 0.280 e. The van der Waals surface area contributed by atoms with E-state index < -0.39 is 28.7 Å². The molecule has 1 heterocycles. The van der Waals surface area contributed by atoms with Gasteiger partial charge in [0.2, 0.25) is 0 Å². The summed E-state index contributed by atoms with van der Waals surface area (Å²) in [4.78, 5) is 13.9. The number of pyridine rings is 1. The lowest BCUT2D eigenvalue weighted by Gasteiger charge is -2.06. The molecule has 0 aliphatic rings. The number of nitrogens with zero attached hydrogens (tertiary/aromatic N) is 1. The summed E-state index contributed by atoms with van der Waals surface area (Å²) in [5, 5.41) is -1.06. The molecular formula is C8H5ClF3NO. The van der Waals surface area contributed by atoms with Crippen molar-refractivity contribution in [1.82, 2.24) is 4.98 Å². The molecule has 0 spiro atoms. The Labute approximate surface area is 82.7 Å². The predicted octanol–water partition coefficient (Wildman–Crippen LogP) is 2.85. The Bertz CT molecular complexity index is 381. The molecule has 0 unspecified atom stereocenters. The number of aromatic nitrogens is 1. The molecule has 0 bridgehead atoms. The fraction of sp³-hybridized carbons (Fsp3) is 0.250. The summed E-state index contributed by atoms with van der Waals surface area (Å²) in [5.74, 6) is -1.05. The normalized spacial score (nSPS) is 10.7. The third-order valence-electron chi connectivity index (χ3n) is 1.70. The minimum Gasteiger partial charge on any atom is -0.275 e. The van der Waals surface area contributed by atoms with E-state index in [2.05, 4.69) is 4.98 Å². The van der Waals surface area contributed by atoms with Crippen LogP contribution in [0.5, 0.6) is 0 Å². The van der Waals surface area contributed by atoms with Gasteiger partial charge < -0.3 is 0 Å². The van der Waals surface area contributed by atoms with Crippen molar-refractivity contribution >= 4 is 16.8 Å². The van der Waals surface area contributed by atoms with Crippen LogP contribution in [-0.2, 0) is 0 Å². The maximum absolute atomic E-state index is 13.2. The Balaban J connectivity index is 3.33. The third kappa shape index (κ3) is 1.87. The number of alkyl halides is 2. The molecule has 0 fully saturated rings. The summed E-state index contributed by atoms with van der Waals surface area (Å²) in [6.07, 6.45) is -2.16. The highest BCUT2D eigenvalue weighted by atomic mass is 35.5. The minimum atomic E-state index is -2.87. The largest absolute Gasteiger partial charge is 0.280 e. The molecule has 0 aliphatic carbocycles. The molecule has 0 amide bonds. The van der Waals surface area contributed by atoms with Gasteiger partial charge in [-0.05, 0) is 18.5 Å². The monoisotopic (exact) mass is 223 g/mol. The van der Waals surface area contributed by atoms with E-state index in [1.54, 1.807) is 0 Å². The fourth-order valence-corrected chi connectivity index (χ4v) is 1.09. The summed E-state index contributed by atoms with van der Waals surface area (Å²) in [7, 11) is 0. The van der Waals surface area contributed by atoms with E-state index in [1.807, 2.05) is 0 Å². The molecule has 0 aliphatic heterocycles. The van der Waals surface area contributed by atoms with Crippen molar-refractivity contribution in [1.29, 1.82) is 0 Å². The van der Waals surface area contributed by atoms with Crippen molar-refractivity contribution in [3.05, 3.63) is 28.8 Å². The van der Waals surface area contributed by atoms with E-state index in [-0.39, 0.29) is 5.56 Å². The van der Waals surface area contributed by atoms with Crippen LogP contribution < -0.4 is 0 Å². The Morgan fingerprint density at radius 2 is 2.14 bits per heavy atom. The number of halogens is 4. The molecule has 0 radical (unpaired) electrons. The van der Waals surface area contributed by atoms with Gasteiger partial charge in [-0.3, -0.25) is 9.78 Å². The first kappa shape index (κ1) is 11.0. The van der Waals surface area contributed by atoms with Gasteiger partial charge >= 0.3 is 0 Å². The quantitative estimate of drug-likeness (QED) is 0.722. The van der Waals surface area contributed by atoms with Crippen molar-refractivity contribution in [3.8, 4) is 0 Å². The Morgan fingerprint density at radius 3 is 2.57 bits per heavy atom. The highest BCUT2D eigenvalue weighted by Crippen LogP contribution is 2.24. The van der Waals surface area contributed by atoms with Crippen molar-refractivity contribution in [2.45, 2.75) is 13.3 Å². The van der Waals surface area contributed by atoms with Crippen LogP contribution in [0.1, 0.15) is 28.0 Å². The molecule has 0 atom stereocenters. The third-order valence-corrected chi connectivity index (χ3v) is 1.90. The highest BCUT2D eigenvalue weighted by Gasteiger charge is 2.20. The van der Waals surface area contributed by atoms with Gasteiger partial charge in [-0.1, -0.05) is 0 Å². The van der Waals surface area contributed by atoms with Gasteiger partial charge in [-0.2, -0.15) is 0 Å². The number of rotatable bonds is 2. The van der Waals surface area contributed by atoms with Gasteiger partial charge in [0.25, 0.3) is 11.7 Å². The molecule has 2 nitrogen and oxygen atoms in total. The van der Waals surface area contributed by atoms with Crippen LogP contribution in [0, 0.1) is 12.7 Å². The Kier molecular flexibility index (Phi) is 3.10. The van der Waals surface area contributed by atoms with Crippen LogP contribution >= 0.6 is 11.6 Å². The topological polar surface area (TPSA) is 30.0 Å². The van der Waals surface area contributed by atoms with Gasteiger partial charge in [-0.25, -0.2) is 13.2 Å². The smallest absolute Gasteiger partial charge is 0.275 e. The van der Waals surface area contributed by atoms with Crippen LogP contribution in [0.3, 0.4) is 0 Å². The van der Waals surface area contributed by atoms with Gasteiger partial charge in [0, 0.05) is 11.8 Å². The van der Waals surface area contributed by atoms with Gasteiger partial charge in [0.1, 0.15) is 11.5 Å². The first-order chi connectivity index (χ1) is 6.45. The SMILES string of the molecule is Cc1c(C(F)F)ncc(C(=O)Cl)c1F. The second kappa shape index (κ2) is 3.96. The van der Waals surface area contributed by atoms with Crippen molar-refractivity contribution < 1.29 is 18.0 Å². The molecule has 14 heavy (non-hydrogen) atoms. The van der Waals surface area contributed by atoms with Crippen molar-refractivity contribution in [2.24, 2.45) is 0 Å². The van der Waals surface area contributed by atoms with Crippen LogP contribution in [0.25, 0.3) is 0 Å². The summed E-state index contributed by atoms with van der Waals surface area (Å²) < 4.78 is 37.6. The summed E-state index contributed by atoms with van der Waals surface area (Å²) >= 11 is 5.01.